The van der Waals surface area contributed by atoms with Crippen LogP contribution in [0.5, 0.6) is 5.75 Å². The van der Waals surface area contributed by atoms with E-state index in [1.54, 1.807) is 0 Å². The van der Waals surface area contributed by atoms with E-state index < -0.39 is 12.1 Å². The van der Waals surface area contributed by atoms with Gasteiger partial charge in [0.25, 0.3) is 0 Å². The molecule has 2 aliphatic heterocycles. The molecule has 0 unspecified atom stereocenters. The average Bonchev–Trinajstić information content (AvgIpc) is 3.13. The molecular formula is C24H29Cl2N3O4. The smallest absolute Gasteiger partial charge is 0.307 e. The molecule has 2 aromatic rings. The molecule has 0 aliphatic carbocycles. The quantitative estimate of drug-likeness (QED) is 0.470. The summed E-state index contributed by atoms with van der Waals surface area (Å²) in [7, 11) is 0. The molecule has 2 fully saturated rings. The first-order valence-electron chi connectivity index (χ1n) is 11.2. The van der Waals surface area contributed by atoms with Crippen LogP contribution >= 0.6 is 23.2 Å². The second-order valence-electron chi connectivity index (χ2n) is 8.93. The first kappa shape index (κ1) is 24.1. The minimum atomic E-state index is -0.974. The number of likely N-dealkylation sites (tertiary alicyclic amines) is 1. The van der Waals surface area contributed by atoms with Crippen molar-refractivity contribution in [1.29, 1.82) is 0 Å². The van der Waals surface area contributed by atoms with Crippen LogP contribution in [0.1, 0.15) is 24.0 Å². The molecule has 0 spiro atoms. The molecule has 0 amide bonds. The summed E-state index contributed by atoms with van der Waals surface area (Å²) in [6.45, 7) is 3.73. The summed E-state index contributed by atoms with van der Waals surface area (Å²) in [6, 6.07) is 11.1. The van der Waals surface area contributed by atoms with Gasteiger partial charge in [0, 0.05) is 42.5 Å². The molecule has 4 N–H and O–H groups in total. The van der Waals surface area contributed by atoms with Crippen molar-refractivity contribution in [2.45, 2.75) is 44.0 Å². The van der Waals surface area contributed by atoms with E-state index in [1.807, 2.05) is 17.0 Å². The fourth-order valence-electron chi connectivity index (χ4n) is 4.75. The number of β-amino-alcohol motifs (C(OH)–C–C–N with tert-alkyl or cyclic N) is 1. The van der Waals surface area contributed by atoms with Gasteiger partial charge in [0.1, 0.15) is 5.75 Å². The Morgan fingerprint density at radius 3 is 2.45 bits per heavy atom. The minimum absolute atomic E-state index is 0.0974. The van der Waals surface area contributed by atoms with E-state index in [0.717, 1.165) is 37.5 Å². The van der Waals surface area contributed by atoms with Crippen molar-refractivity contribution >= 4 is 34.9 Å². The van der Waals surface area contributed by atoms with Crippen LogP contribution in [0.2, 0.25) is 10.0 Å². The monoisotopic (exact) mass is 493 g/mol. The Morgan fingerprint density at radius 1 is 1.09 bits per heavy atom. The standard InChI is InChI=1S/C24H29Cl2N3O4/c25-17-3-1-15(2-4-17)12-28-7-5-18(6-8-28)27-20-13-29(14-23(20)31)21-11-22(30)19(26)9-16(21)10-24(32)33/h1-4,9,11,18,20,23,27,30-31H,5-8,10,12-14H2,(H,32,33)/t20-,23-/m1/s1. The average molecular weight is 494 g/mol. The second-order valence-corrected chi connectivity index (χ2v) is 9.77. The summed E-state index contributed by atoms with van der Waals surface area (Å²) in [6.07, 6.45) is 1.19. The number of carbonyl (C=O) groups is 1. The maximum Gasteiger partial charge on any atom is 0.307 e. The normalized spacial score (nSPS) is 22.1. The van der Waals surface area contributed by atoms with Crippen LogP contribution in [0.15, 0.2) is 36.4 Å². The van der Waals surface area contributed by atoms with E-state index >= 15 is 0 Å². The summed E-state index contributed by atoms with van der Waals surface area (Å²) < 4.78 is 0. The van der Waals surface area contributed by atoms with Crippen LogP contribution in [0, 0.1) is 0 Å². The molecule has 9 heteroatoms. The van der Waals surface area contributed by atoms with Crippen LogP contribution in [-0.4, -0.2) is 70.6 Å². The highest BCUT2D eigenvalue weighted by atomic mass is 35.5. The van der Waals surface area contributed by atoms with Crippen molar-refractivity contribution in [1.82, 2.24) is 10.2 Å². The van der Waals surface area contributed by atoms with E-state index in [1.165, 1.54) is 17.7 Å². The number of hydrogen-bond donors (Lipinski definition) is 4. The SMILES string of the molecule is O=C(O)Cc1cc(Cl)c(O)cc1N1C[C@@H](O)[C@H](NC2CCN(Cc3ccc(Cl)cc3)CC2)C1. The van der Waals surface area contributed by atoms with Crippen molar-refractivity contribution in [2.24, 2.45) is 0 Å². The van der Waals surface area contributed by atoms with Gasteiger partial charge in [0.2, 0.25) is 0 Å². The van der Waals surface area contributed by atoms with Crippen molar-refractivity contribution in [3.63, 3.8) is 0 Å². The number of carboxylic acids is 1. The molecule has 2 heterocycles. The lowest BCUT2D eigenvalue weighted by atomic mass is 10.0. The number of rotatable bonds is 7. The predicted octanol–water partition coefficient (Wildman–Crippen LogP) is 3.13. The summed E-state index contributed by atoms with van der Waals surface area (Å²) in [5, 5.41) is 34.5. The van der Waals surface area contributed by atoms with E-state index in [4.69, 9.17) is 23.2 Å². The largest absolute Gasteiger partial charge is 0.506 e. The Bertz CT molecular complexity index is 980. The molecule has 4 rings (SSSR count). The summed E-state index contributed by atoms with van der Waals surface area (Å²) in [5.41, 5.74) is 2.37. The first-order valence-corrected chi connectivity index (χ1v) is 11.9. The van der Waals surface area contributed by atoms with E-state index in [-0.39, 0.29) is 23.2 Å². The van der Waals surface area contributed by atoms with Crippen molar-refractivity contribution in [3.8, 4) is 5.75 Å². The molecule has 7 nitrogen and oxygen atoms in total. The number of aliphatic carboxylic acids is 1. The van der Waals surface area contributed by atoms with Gasteiger partial charge >= 0.3 is 5.97 Å². The maximum absolute atomic E-state index is 11.3. The molecule has 2 atom stereocenters. The number of phenolic OH excluding ortho intramolecular Hbond substituents is 1. The number of aromatic hydroxyl groups is 1. The maximum atomic E-state index is 11.3. The molecule has 0 aromatic heterocycles. The highest BCUT2D eigenvalue weighted by Gasteiger charge is 2.35. The molecule has 2 saturated heterocycles. The number of phenols is 1. The number of hydrogen-bond acceptors (Lipinski definition) is 6. The van der Waals surface area contributed by atoms with Gasteiger partial charge < -0.3 is 25.5 Å². The topological polar surface area (TPSA) is 96.3 Å². The molecule has 2 aliphatic rings. The third-order valence-electron chi connectivity index (χ3n) is 6.48. The highest BCUT2D eigenvalue weighted by Crippen LogP contribution is 2.34. The van der Waals surface area contributed by atoms with Crippen molar-refractivity contribution in [3.05, 3.63) is 57.6 Å². The Morgan fingerprint density at radius 2 is 1.79 bits per heavy atom. The zero-order chi connectivity index (χ0) is 23.5. The third-order valence-corrected chi connectivity index (χ3v) is 7.03. The number of aliphatic hydroxyl groups excluding tert-OH is 1. The Hall–Kier alpha value is -2.03. The summed E-state index contributed by atoms with van der Waals surface area (Å²) in [5.74, 6) is -1.07. The zero-order valence-corrected chi connectivity index (χ0v) is 19.8. The van der Waals surface area contributed by atoms with Crippen molar-refractivity contribution < 1.29 is 20.1 Å². The number of piperidine rings is 1. The fourth-order valence-corrected chi connectivity index (χ4v) is 5.06. The molecular weight excluding hydrogens is 465 g/mol. The Labute approximate surface area is 203 Å². The van der Waals surface area contributed by atoms with Crippen LogP contribution in [0.25, 0.3) is 0 Å². The van der Waals surface area contributed by atoms with Crippen LogP contribution in [0.4, 0.5) is 5.69 Å². The van der Waals surface area contributed by atoms with Gasteiger partial charge in [-0.15, -0.1) is 0 Å². The number of benzene rings is 2. The summed E-state index contributed by atoms with van der Waals surface area (Å²) in [4.78, 5) is 15.6. The predicted molar refractivity (Wildman–Crippen MR) is 129 cm³/mol. The van der Waals surface area contributed by atoms with Crippen LogP contribution < -0.4 is 10.2 Å². The van der Waals surface area contributed by atoms with E-state index in [9.17, 15) is 20.1 Å². The number of nitrogens with zero attached hydrogens (tertiary/aromatic N) is 2. The molecule has 33 heavy (non-hydrogen) atoms. The number of anilines is 1. The van der Waals surface area contributed by atoms with E-state index in [0.29, 0.717) is 30.4 Å². The lowest BCUT2D eigenvalue weighted by Gasteiger charge is -2.34. The molecule has 0 saturated carbocycles. The van der Waals surface area contributed by atoms with Gasteiger partial charge in [-0.05, 0) is 55.3 Å². The third kappa shape index (κ3) is 6.11. The van der Waals surface area contributed by atoms with Gasteiger partial charge in [-0.25, -0.2) is 0 Å². The molecule has 178 valence electrons. The van der Waals surface area contributed by atoms with Gasteiger partial charge in [0.15, 0.2) is 0 Å². The number of aliphatic hydroxyl groups is 1. The van der Waals surface area contributed by atoms with E-state index in [2.05, 4.69) is 22.3 Å². The Kier molecular flexibility index (Phi) is 7.66. The first-order chi connectivity index (χ1) is 15.8. The van der Waals surface area contributed by atoms with Crippen molar-refractivity contribution in [2.75, 3.05) is 31.1 Å². The molecule has 2 aromatic carbocycles. The number of halogens is 2. The number of carboxylic acid groups (broad SMARTS) is 1. The minimum Gasteiger partial charge on any atom is -0.506 e. The van der Waals surface area contributed by atoms with Gasteiger partial charge in [-0.3, -0.25) is 9.69 Å². The van der Waals surface area contributed by atoms with Crippen LogP contribution in [0.3, 0.4) is 0 Å². The van der Waals surface area contributed by atoms with Crippen LogP contribution in [-0.2, 0) is 17.8 Å². The Balaban J connectivity index is 1.33. The fraction of sp³-hybridized carbons (Fsp3) is 0.458. The highest BCUT2D eigenvalue weighted by molar-refractivity contribution is 6.32. The number of nitrogens with one attached hydrogen (secondary N) is 1. The van der Waals surface area contributed by atoms with Gasteiger partial charge in [-0.2, -0.15) is 0 Å². The van der Waals surface area contributed by atoms with Gasteiger partial charge in [-0.1, -0.05) is 35.3 Å². The second kappa shape index (κ2) is 10.5. The lowest BCUT2D eigenvalue weighted by Crippen LogP contribution is -2.49. The van der Waals surface area contributed by atoms with Gasteiger partial charge in [0.05, 0.1) is 23.6 Å². The lowest BCUT2D eigenvalue weighted by molar-refractivity contribution is -0.136. The molecule has 0 radical (unpaired) electrons. The zero-order valence-electron chi connectivity index (χ0n) is 18.3. The summed E-state index contributed by atoms with van der Waals surface area (Å²) >= 11 is 12.0. The molecule has 0 bridgehead atoms.